The van der Waals surface area contributed by atoms with E-state index in [1.165, 1.54) is 128 Å². The minimum absolute atomic E-state index is 0.0909. The highest BCUT2D eigenvalue weighted by Crippen LogP contribution is 2.47. The second kappa shape index (κ2) is 16.9. The lowest BCUT2D eigenvalue weighted by Gasteiger charge is -2.38. The molecule has 312 valence electrons. The number of benzene rings is 8. The van der Waals surface area contributed by atoms with Crippen LogP contribution in [-0.2, 0) is 6.42 Å². The number of allylic oxidation sites excluding steroid dienone is 1. The molecule has 0 saturated heterocycles. The third-order valence-electron chi connectivity index (χ3n) is 13.6. The van der Waals surface area contributed by atoms with Gasteiger partial charge in [-0.3, -0.25) is 0 Å². The molecule has 11 rings (SSSR count). The Morgan fingerprint density at radius 3 is 2.20 bits per heavy atom. The van der Waals surface area contributed by atoms with E-state index in [9.17, 15) is 0 Å². The Hall–Kier alpha value is -5.89. The van der Waals surface area contributed by atoms with Gasteiger partial charge in [-0.25, -0.2) is 0 Å². The molecule has 1 aromatic heterocycles. The molecule has 2 nitrogen and oxygen atoms in total. The van der Waals surface area contributed by atoms with Crippen molar-refractivity contribution in [2.24, 2.45) is 0 Å². The van der Waals surface area contributed by atoms with Crippen LogP contribution < -0.4 is 21.1 Å². The fourth-order valence-electron chi connectivity index (χ4n) is 10.5. The number of nitrogens with zero attached hydrogens (tertiary/aromatic N) is 1. The van der Waals surface area contributed by atoms with Gasteiger partial charge in [0.2, 0.25) is 0 Å². The number of alkyl halides is 1. The first-order chi connectivity index (χ1) is 31.3. The van der Waals surface area contributed by atoms with Gasteiger partial charge < -0.3 is 10.2 Å². The van der Waals surface area contributed by atoms with E-state index in [4.69, 9.17) is 0 Å². The van der Waals surface area contributed by atoms with Crippen LogP contribution in [0.15, 0.2) is 169 Å². The lowest BCUT2D eigenvalue weighted by Crippen LogP contribution is -2.43. The van der Waals surface area contributed by atoms with Crippen LogP contribution in [0.25, 0.3) is 48.5 Å². The van der Waals surface area contributed by atoms with Crippen LogP contribution in [0.2, 0.25) is 0 Å². The zero-order chi connectivity index (χ0) is 43.5. The molecule has 1 aliphatic heterocycles. The first-order valence-corrected chi connectivity index (χ1v) is 24.8. The van der Waals surface area contributed by atoms with Crippen molar-refractivity contribution in [1.29, 1.82) is 0 Å². The van der Waals surface area contributed by atoms with E-state index < -0.39 is 0 Å². The Balaban J connectivity index is 1.14. The number of fused-ring (bicyclic) bond motifs is 6. The monoisotopic (exact) mass is 956 g/mol. The standard InChI is InChI=1S/C59H50BIN2S/c1-5-14-51(61)43-25-28-53(38(4)29-43)63-54-35-57-48(46-21-11-12-22-56(46)64-57)34-50(54)60-59-49(31-44(33-55(59)63)58-36(2)15-13-16-37(58)3)47-30-41-19-9-10-20-42(41)32-52(47)62-45-26-23-40(24-27-45)39-17-7-6-8-18-39/h6-13,15-29,31-35,47,51,60,62H,5,14,30H2,1-4H3. The SMILES string of the molecule is CCCC(I)c1ccc(N2c3cc4sc5ccccc5c4cc3Bc3c(C4Cc5ccccc5C=C4Nc4ccc(-c5ccccc5)cc4)cc(-c4c(C)cccc4C)cc32)c(C)c1. The van der Waals surface area contributed by atoms with Crippen LogP contribution in [0, 0.1) is 20.8 Å². The van der Waals surface area contributed by atoms with Crippen LogP contribution >= 0.6 is 33.9 Å². The lowest BCUT2D eigenvalue weighted by molar-refractivity contribution is 0.786. The summed E-state index contributed by atoms with van der Waals surface area (Å²) in [5, 5.41) is 6.72. The third-order valence-corrected chi connectivity index (χ3v) is 16.1. The van der Waals surface area contributed by atoms with Gasteiger partial charge in [0.25, 0.3) is 0 Å². The second-order valence-electron chi connectivity index (χ2n) is 17.8. The molecule has 0 amide bonds. The highest BCUT2D eigenvalue weighted by Gasteiger charge is 2.34. The average Bonchev–Trinajstić information content (AvgIpc) is 3.68. The highest BCUT2D eigenvalue weighted by molar-refractivity contribution is 14.1. The highest BCUT2D eigenvalue weighted by atomic mass is 127. The van der Waals surface area contributed by atoms with Crippen molar-refractivity contribution in [2.75, 3.05) is 10.2 Å². The van der Waals surface area contributed by atoms with Gasteiger partial charge in [-0.2, -0.15) is 0 Å². The van der Waals surface area contributed by atoms with E-state index >= 15 is 0 Å². The van der Waals surface area contributed by atoms with Crippen molar-refractivity contribution in [3.8, 4) is 22.3 Å². The maximum absolute atomic E-state index is 4.03. The number of anilines is 4. The summed E-state index contributed by atoms with van der Waals surface area (Å²) in [6, 6.07) is 61.6. The van der Waals surface area contributed by atoms with Gasteiger partial charge in [0.05, 0.1) is 0 Å². The molecule has 0 spiro atoms. The number of hydrogen-bond donors (Lipinski definition) is 1. The van der Waals surface area contributed by atoms with Crippen LogP contribution in [0.1, 0.15) is 68.6 Å². The smallest absolute Gasteiger partial charge is 0.198 e. The van der Waals surface area contributed by atoms with Crippen LogP contribution in [-0.4, -0.2) is 7.28 Å². The molecule has 1 N–H and O–H groups in total. The van der Waals surface area contributed by atoms with E-state index in [1.54, 1.807) is 0 Å². The Labute approximate surface area is 396 Å². The number of rotatable bonds is 9. The summed E-state index contributed by atoms with van der Waals surface area (Å²) >= 11 is 4.55. The molecule has 2 unspecified atom stereocenters. The van der Waals surface area contributed by atoms with Crippen LogP contribution in [0.5, 0.6) is 0 Å². The Kier molecular flexibility index (Phi) is 10.8. The zero-order valence-electron chi connectivity index (χ0n) is 36.9. The summed E-state index contributed by atoms with van der Waals surface area (Å²) in [6.45, 7) is 9.16. The molecule has 0 bridgehead atoms. The van der Waals surface area contributed by atoms with E-state index in [2.05, 4.69) is 230 Å². The summed E-state index contributed by atoms with van der Waals surface area (Å²) in [4.78, 5) is 2.63. The molecule has 8 aromatic carbocycles. The van der Waals surface area contributed by atoms with Gasteiger partial charge in [-0.05, 0) is 143 Å². The van der Waals surface area contributed by atoms with Crippen LogP contribution in [0.4, 0.5) is 22.7 Å². The third kappa shape index (κ3) is 7.37. The van der Waals surface area contributed by atoms with Crippen molar-refractivity contribution in [3.05, 3.63) is 208 Å². The van der Waals surface area contributed by atoms with Gasteiger partial charge in [0.1, 0.15) is 0 Å². The summed E-state index contributed by atoms with van der Waals surface area (Å²) in [7, 11) is 0.851. The summed E-state index contributed by atoms with van der Waals surface area (Å²) in [6.07, 6.45) is 5.67. The number of halogens is 1. The predicted octanol–water partition coefficient (Wildman–Crippen LogP) is 15.6. The molecule has 2 atom stereocenters. The number of nitrogens with one attached hydrogen (secondary N) is 1. The van der Waals surface area contributed by atoms with Crippen LogP contribution in [0.3, 0.4) is 0 Å². The van der Waals surface area contributed by atoms with Crippen molar-refractivity contribution in [2.45, 2.75) is 56.8 Å². The van der Waals surface area contributed by atoms with E-state index in [1.807, 2.05) is 11.3 Å². The first kappa shape index (κ1) is 40.9. The molecule has 9 aromatic rings. The summed E-state index contributed by atoms with van der Waals surface area (Å²) in [5.41, 5.74) is 23.3. The molecule has 64 heavy (non-hydrogen) atoms. The number of thiophene rings is 1. The summed E-state index contributed by atoms with van der Waals surface area (Å²) < 4.78 is 3.16. The topological polar surface area (TPSA) is 15.3 Å². The minimum atomic E-state index is 0.0909. The van der Waals surface area contributed by atoms with Gasteiger partial charge in [0, 0.05) is 53.1 Å². The normalized spacial score (nSPS) is 14.7. The fourth-order valence-corrected chi connectivity index (χ4v) is 12.6. The first-order valence-electron chi connectivity index (χ1n) is 22.8. The Morgan fingerprint density at radius 2 is 1.41 bits per heavy atom. The largest absolute Gasteiger partial charge is 0.358 e. The van der Waals surface area contributed by atoms with Crippen molar-refractivity contribution >= 4 is 101 Å². The molecule has 1 aliphatic carbocycles. The maximum Gasteiger partial charge on any atom is 0.198 e. The predicted molar refractivity (Wildman–Crippen MR) is 288 cm³/mol. The molecular weight excluding hydrogens is 906 g/mol. The van der Waals surface area contributed by atoms with E-state index in [0.29, 0.717) is 3.92 Å². The summed E-state index contributed by atoms with van der Waals surface area (Å²) in [5.74, 6) is 0.0909. The lowest BCUT2D eigenvalue weighted by atomic mass is 9.56. The molecule has 2 heterocycles. The van der Waals surface area contributed by atoms with Crippen molar-refractivity contribution in [1.82, 2.24) is 0 Å². The average molecular weight is 957 g/mol. The Bertz CT molecular complexity index is 3260. The minimum Gasteiger partial charge on any atom is -0.358 e. The van der Waals surface area contributed by atoms with Gasteiger partial charge in [0.15, 0.2) is 7.28 Å². The molecular formula is C59H50BIN2S. The molecule has 0 radical (unpaired) electrons. The van der Waals surface area contributed by atoms with E-state index in [0.717, 1.165) is 19.4 Å². The van der Waals surface area contributed by atoms with Gasteiger partial charge in [-0.15, -0.1) is 11.3 Å². The van der Waals surface area contributed by atoms with Gasteiger partial charge in [-0.1, -0.05) is 174 Å². The fraction of sp³-hybridized carbons (Fsp3) is 0.153. The maximum atomic E-state index is 4.03. The van der Waals surface area contributed by atoms with Gasteiger partial charge >= 0.3 is 0 Å². The molecule has 5 heteroatoms. The second-order valence-corrected chi connectivity index (χ2v) is 20.4. The quantitative estimate of drug-likeness (QED) is 0.0881. The zero-order valence-corrected chi connectivity index (χ0v) is 39.9. The number of hydrogen-bond acceptors (Lipinski definition) is 3. The molecule has 0 fully saturated rings. The van der Waals surface area contributed by atoms with Crippen molar-refractivity contribution < 1.29 is 0 Å². The van der Waals surface area contributed by atoms with Crippen molar-refractivity contribution in [3.63, 3.8) is 0 Å². The molecule has 2 aliphatic rings. The molecule has 0 saturated carbocycles. The number of aryl methyl sites for hydroxylation is 3. The van der Waals surface area contributed by atoms with E-state index in [-0.39, 0.29) is 5.92 Å². The Morgan fingerprint density at radius 1 is 0.656 bits per heavy atom.